The van der Waals surface area contributed by atoms with Crippen LogP contribution < -0.4 is 14.8 Å². The van der Waals surface area contributed by atoms with Gasteiger partial charge in [-0.15, -0.1) is 11.3 Å². The van der Waals surface area contributed by atoms with Crippen LogP contribution in [-0.4, -0.2) is 32.2 Å². The molecule has 0 spiro atoms. The molecule has 1 heterocycles. The van der Waals surface area contributed by atoms with E-state index in [1.807, 2.05) is 0 Å². The normalized spacial score (nSPS) is 11.1. The second-order valence-corrected chi connectivity index (χ2v) is 8.82. The molecule has 1 amide bonds. The maximum atomic E-state index is 12.0. The van der Waals surface area contributed by atoms with Gasteiger partial charge in [0.25, 0.3) is 5.91 Å². The van der Waals surface area contributed by atoms with Crippen molar-refractivity contribution in [1.29, 1.82) is 0 Å². The molecule has 7 nitrogen and oxygen atoms in total. The van der Waals surface area contributed by atoms with Crippen LogP contribution in [0.2, 0.25) is 5.02 Å². The third-order valence-electron chi connectivity index (χ3n) is 3.42. The molecule has 0 saturated carbocycles. The lowest BCUT2D eigenvalue weighted by Gasteiger charge is -2.06. The lowest BCUT2D eigenvalue weighted by atomic mass is 10.1. The van der Waals surface area contributed by atoms with Crippen molar-refractivity contribution in [2.24, 2.45) is 0 Å². The van der Waals surface area contributed by atoms with E-state index in [0.717, 1.165) is 11.8 Å². The quantitative estimate of drug-likeness (QED) is 0.585. The Kier molecular flexibility index (Phi) is 6.18. The smallest absolute Gasteiger partial charge is 0.264 e. The standard InChI is InChI=1S/C18H16ClN3O4S2/c1-28(24,25)22-14-6-2-12(3-7-14)16-11-27-18(20-16)21-17(23)10-26-15-8-4-13(19)5-9-15/h2-9,11,22H,10H2,1H3,(H,20,21,23). The summed E-state index contributed by atoms with van der Waals surface area (Å²) in [5.41, 5.74) is 1.94. The molecule has 0 saturated heterocycles. The highest BCUT2D eigenvalue weighted by Crippen LogP contribution is 2.26. The molecular weight excluding hydrogens is 422 g/mol. The van der Waals surface area contributed by atoms with Gasteiger partial charge in [0.2, 0.25) is 10.0 Å². The van der Waals surface area contributed by atoms with Crippen molar-refractivity contribution >= 4 is 49.7 Å². The van der Waals surface area contributed by atoms with Gasteiger partial charge in [0.15, 0.2) is 11.7 Å². The maximum absolute atomic E-state index is 12.0. The van der Waals surface area contributed by atoms with Gasteiger partial charge in [0.1, 0.15) is 5.75 Å². The van der Waals surface area contributed by atoms with E-state index >= 15 is 0 Å². The number of aromatic nitrogens is 1. The number of halogens is 1. The first-order valence-electron chi connectivity index (χ1n) is 8.00. The molecule has 0 aliphatic carbocycles. The summed E-state index contributed by atoms with van der Waals surface area (Å²) >= 11 is 7.08. The number of nitrogens with one attached hydrogen (secondary N) is 2. The highest BCUT2D eigenvalue weighted by molar-refractivity contribution is 7.92. The molecule has 0 unspecified atom stereocenters. The Hall–Kier alpha value is -2.62. The van der Waals surface area contributed by atoms with Crippen LogP contribution in [0.5, 0.6) is 5.75 Å². The van der Waals surface area contributed by atoms with Gasteiger partial charge < -0.3 is 4.74 Å². The Morgan fingerprint density at radius 2 is 1.82 bits per heavy atom. The predicted octanol–water partition coefficient (Wildman–Crippen LogP) is 3.85. The zero-order valence-electron chi connectivity index (χ0n) is 14.7. The molecule has 3 rings (SSSR count). The van der Waals surface area contributed by atoms with Crippen molar-refractivity contribution in [1.82, 2.24) is 4.98 Å². The zero-order valence-corrected chi connectivity index (χ0v) is 17.1. The molecule has 3 aromatic rings. The summed E-state index contributed by atoms with van der Waals surface area (Å²) < 4.78 is 30.3. The lowest BCUT2D eigenvalue weighted by molar-refractivity contribution is -0.118. The molecule has 1 aromatic heterocycles. The van der Waals surface area contributed by atoms with E-state index < -0.39 is 10.0 Å². The minimum absolute atomic E-state index is 0.150. The van der Waals surface area contributed by atoms with Crippen LogP contribution in [0.25, 0.3) is 11.3 Å². The van der Waals surface area contributed by atoms with Gasteiger partial charge in [0.05, 0.1) is 11.9 Å². The molecule has 146 valence electrons. The number of thiazole rings is 1. The monoisotopic (exact) mass is 437 g/mol. The van der Waals surface area contributed by atoms with Gasteiger partial charge in [-0.3, -0.25) is 14.8 Å². The van der Waals surface area contributed by atoms with Crippen molar-refractivity contribution in [2.75, 3.05) is 22.9 Å². The van der Waals surface area contributed by atoms with Crippen LogP contribution in [0, 0.1) is 0 Å². The van der Waals surface area contributed by atoms with Gasteiger partial charge in [-0.2, -0.15) is 0 Å². The molecule has 2 N–H and O–H groups in total. The topological polar surface area (TPSA) is 97.4 Å². The molecule has 0 fully saturated rings. The van der Waals surface area contributed by atoms with Crippen LogP contribution in [0.4, 0.5) is 10.8 Å². The van der Waals surface area contributed by atoms with Crippen LogP contribution in [0.1, 0.15) is 0 Å². The van der Waals surface area contributed by atoms with Crippen LogP contribution in [-0.2, 0) is 14.8 Å². The third kappa shape index (κ3) is 5.95. The number of anilines is 2. The summed E-state index contributed by atoms with van der Waals surface area (Å²) in [5.74, 6) is 0.214. The maximum Gasteiger partial charge on any atom is 0.264 e. The molecule has 28 heavy (non-hydrogen) atoms. The Balaban J connectivity index is 1.57. The van der Waals surface area contributed by atoms with E-state index in [-0.39, 0.29) is 12.5 Å². The molecule has 0 atom stereocenters. The van der Waals surface area contributed by atoms with Crippen LogP contribution >= 0.6 is 22.9 Å². The second kappa shape index (κ2) is 8.59. The molecule has 2 aromatic carbocycles. The first kappa shape index (κ1) is 20.1. The van der Waals surface area contributed by atoms with E-state index in [4.69, 9.17) is 16.3 Å². The summed E-state index contributed by atoms with van der Waals surface area (Å²) in [4.78, 5) is 16.4. The van der Waals surface area contributed by atoms with Crippen molar-refractivity contribution in [2.45, 2.75) is 0 Å². The fourth-order valence-corrected chi connectivity index (χ4v) is 3.65. The first-order valence-corrected chi connectivity index (χ1v) is 11.2. The number of ether oxygens (including phenoxy) is 1. The van der Waals surface area contributed by atoms with E-state index in [9.17, 15) is 13.2 Å². The van der Waals surface area contributed by atoms with Gasteiger partial charge in [-0.25, -0.2) is 13.4 Å². The van der Waals surface area contributed by atoms with E-state index in [0.29, 0.717) is 27.3 Å². The first-order chi connectivity index (χ1) is 13.3. The fourth-order valence-electron chi connectivity index (χ4n) is 2.22. The van der Waals surface area contributed by atoms with Crippen molar-refractivity contribution < 1.29 is 17.9 Å². The molecule has 0 radical (unpaired) electrons. The Morgan fingerprint density at radius 1 is 1.14 bits per heavy atom. The zero-order chi connectivity index (χ0) is 20.1. The highest BCUT2D eigenvalue weighted by atomic mass is 35.5. The van der Waals surface area contributed by atoms with E-state index in [1.165, 1.54) is 11.3 Å². The minimum atomic E-state index is -3.32. The fraction of sp³-hybridized carbons (Fsp3) is 0.111. The lowest BCUT2D eigenvalue weighted by Crippen LogP contribution is -2.20. The third-order valence-corrected chi connectivity index (χ3v) is 5.03. The Bertz CT molecular complexity index is 1060. The van der Waals surface area contributed by atoms with Gasteiger partial charge >= 0.3 is 0 Å². The number of rotatable bonds is 7. The summed E-state index contributed by atoms with van der Waals surface area (Å²) in [5, 5.41) is 5.51. The molecule has 0 aliphatic rings. The Morgan fingerprint density at radius 3 is 2.46 bits per heavy atom. The van der Waals surface area contributed by atoms with Crippen LogP contribution in [0.15, 0.2) is 53.9 Å². The van der Waals surface area contributed by atoms with Gasteiger partial charge in [-0.05, 0) is 36.4 Å². The minimum Gasteiger partial charge on any atom is -0.484 e. The van der Waals surface area contributed by atoms with Crippen molar-refractivity contribution in [3.63, 3.8) is 0 Å². The molecular formula is C18H16ClN3O4S2. The number of nitrogens with zero attached hydrogens (tertiary/aromatic N) is 1. The summed E-state index contributed by atoms with van der Waals surface area (Å²) in [6.45, 7) is -0.150. The molecule has 10 heteroatoms. The highest BCUT2D eigenvalue weighted by Gasteiger charge is 2.09. The Labute approximate surface area is 171 Å². The SMILES string of the molecule is CS(=O)(=O)Nc1ccc(-c2csc(NC(=O)COc3ccc(Cl)cc3)n2)cc1. The summed E-state index contributed by atoms with van der Waals surface area (Å²) in [6, 6.07) is 13.5. The number of sulfonamides is 1. The number of carbonyl (C=O) groups excluding carboxylic acids is 1. The number of carbonyl (C=O) groups is 1. The van der Waals surface area contributed by atoms with Crippen LogP contribution in [0.3, 0.4) is 0 Å². The average molecular weight is 438 g/mol. The molecule has 0 aliphatic heterocycles. The largest absolute Gasteiger partial charge is 0.484 e. The predicted molar refractivity (Wildman–Crippen MR) is 112 cm³/mol. The van der Waals surface area contributed by atoms with E-state index in [2.05, 4.69) is 15.0 Å². The van der Waals surface area contributed by atoms with Crippen molar-refractivity contribution in [3.05, 3.63) is 58.9 Å². The average Bonchev–Trinajstić information content (AvgIpc) is 3.09. The number of benzene rings is 2. The second-order valence-electron chi connectivity index (χ2n) is 5.78. The number of hydrogen-bond donors (Lipinski definition) is 2. The van der Waals surface area contributed by atoms with Gasteiger partial charge in [0, 0.05) is 21.7 Å². The summed E-state index contributed by atoms with van der Waals surface area (Å²) in [7, 11) is -3.32. The van der Waals surface area contributed by atoms with Gasteiger partial charge in [-0.1, -0.05) is 23.7 Å². The van der Waals surface area contributed by atoms with E-state index in [1.54, 1.807) is 53.9 Å². The number of hydrogen-bond acceptors (Lipinski definition) is 6. The van der Waals surface area contributed by atoms with Crippen molar-refractivity contribution in [3.8, 4) is 17.0 Å². The summed E-state index contributed by atoms with van der Waals surface area (Å²) in [6.07, 6.45) is 1.09. The number of amides is 1. The molecule has 0 bridgehead atoms.